The second kappa shape index (κ2) is 4.84. The van der Waals surface area contributed by atoms with Gasteiger partial charge in [0.05, 0.1) is 25.7 Å². The van der Waals surface area contributed by atoms with E-state index in [1.54, 1.807) is 7.11 Å². The molecule has 0 radical (unpaired) electrons. The van der Waals surface area contributed by atoms with Gasteiger partial charge in [-0.25, -0.2) is 0 Å². The van der Waals surface area contributed by atoms with Crippen LogP contribution in [0.3, 0.4) is 0 Å². The summed E-state index contributed by atoms with van der Waals surface area (Å²) >= 11 is 5.78. The maximum Gasteiger partial charge on any atom is 0.192 e. The van der Waals surface area contributed by atoms with Gasteiger partial charge in [0.25, 0.3) is 0 Å². The van der Waals surface area contributed by atoms with Crippen molar-refractivity contribution in [2.45, 2.75) is 25.7 Å². The Balaban J connectivity index is 2.25. The third-order valence-electron chi connectivity index (χ3n) is 3.03. The first-order valence-electron chi connectivity index (χ1n) is 5.62. The molecule has 1 aliphatic rings. The molecule has 0 amide bonds. The number of halogens is 1. The van der Waals surface area contributed by atoms with E-state index in [4.69, 9.17) is 25.8 Å². The van der Waals surface area contributed by atoms with Gasteiger partial charge in [-0.3, -0.25) is 0 Å². The number of hydrogen-bond donors (Lipinski definition) is 0. The van der Waals surface area contributed by atoms with Crippen molar-refractivity contribution in [1.29, 1.82) is 0 Å². The van der Waals surface area contributed by atoms with Crippen LogP contribution in [-0.2, 0) is 15.3 Å². The standard InChI is InChI=1S/C13H17ClO3/c1-9-6-10(4-5-12(9)15-3)13(2)16-8-11(7-14)17-13/h4-6,11H,7-8H2,1-3H3. The topological polar surface area (TPSA) is 27.7 Å². The van der Waals surface area contributed by atoms with E-state index in [0.29, 0.717) is 12.5 Å². The van der Waals surface area contributed by atoms with Crippen LogP contribution in [0.1, 0.15) is 18.1 Å². The highest BCUT2D eigenvalue weighted by Crippen LogP contribution is 2.35. The van der Waals surface area contributed by atoms with Crippen molar-refractivity contribution in [2.75, 3.05) is 19.6 Å². The van der Waals surface area contributed by atoms with Gasteiger partial charge in [-0.05, 0) is 37.6 Å². The molecule has 1 aliphatic heterocycles. The van der Waals surface area contributed by atoms with Gasteiger partial charge in [0.15, 0.2) is 5.79 Å². The Bertz CT molecular complexity index is 408. The van der Waals surface area contributed by atoms with Crippen LogP contribution in [0.5, 0.6) is 5.75 Å². The average Bonchev–Trinajstić information content (AvgIpc) is 2.72. The Morgan fingerprint density at radius 2 is 2.29 bits per heavy atom. The predicted octanol–water partition coefficient (Wildman–Crippen LogP) is 2.83. The van der Waals surface area contributed by atoms with E-state index < -0.39 is 5.79 Å². The Morgan fingerprint density at radius 1 is 1.53 bits per heavy atom. The highest BCUT2D eigenvalue weighted by molar-refractivity contribution is 6.18. The molecule has 17 heavy (non-hydrogen) atoms. The zero-order valence-electron chi connectivity index (χ0n) is 10.3. The molecular formula is C13H17ClO3. The second-order valence-corrected chi connectivity index (χ2v) is 4.64. The van der Waals surface area contributed by atoms with E-state index in [9.17, 15) is 0 Å². The third-order valence-corrected chi connectivity index (χ3v) is 3.37. The molecule has 1 fully saturated rings. The van der Waals surface area contributed by atoms with Crippen LogP contribution in [0.2, 0.25) is 0 Å². The molecule has 2 atom stereocenters. The largest absolute Gasteiger partial charge is 0.496 e. The fraction of sp³-hybridized carbons (Fsp3) is 0.538. The molecule has 0 bridgehead atoms. The highest BCUT2D eigenvalue weighted by atomic mass is 35.5. The summed E-state index contributed by atoms with van der Waals surface area (Å²) in [7, 11) is 1.66. The molecule has 0 aliphatic carbocycles. The van der Waals surface area contributed by atoms with Crippen molar-refractivity contribution in [2.24, 2.45) is 0 Å². The lowest BCUT2D eigenvalue weighted by Crippen LogP contribution is -2.24. The summed E-state index contributed by atoms with van der Waals surface area (Å²) in [6.07, 6.45) is -0.0379. The fourth-order valence-corrected chi connectivity index (χ4v) is 2.18. The Hall–Kier alpha value is -0.770. The molecule has 0 aromatic heterocycles. The van der Waals surface area contributed by atoms with Crippen LogP contribution in [-0.4, -0.2) is 25.7 Å². The molecular weight excluding hydrogens is 240 g/mol. The van der Waals surface area contributed by atoms with Gasteiger partial charge in [0.2, 0.25) is 0 Å². The molecule has 2 unspecified atom stereocenters. The number of rotatable bonds is 3. The zero-order valence-corrected chi connectivity index (χ0v) is 11.1. The van der Waals surface area contributed by atoms with Crippen molar-refractivity contribution in [3.05, 3.63) is 29.3 Å². The predicted molar refractivity (Wildman–Crippen MR) is 66.6 cm³/mol. The number of benzene rings is 1. The van der Waals surface area contributed by atoms with Gasteiger partial charge in [0.1, 0.15) is 5.75 Å². The molecule has 3 nitrogen and oxygen atoms in total. The number of methoxy groups -OCH3 is 1. The van der Waals surface area contributed by atoms with Gasteiger partial charge in [-0.15, -0.1) is 11.6 Å². The van der Waals surface area contributed by atoms with E-state index >= 15 is 0 Å². The van der Waals surface area contributed by atoms with Crippen molar-refractivity contribution in [3.8, 4) is 5.75 Å². The average molecular weight is 257 g/mol. The first-order valence-corrected chi connectivity index (χ1v) is 6.15. The molecule has 1 aromatic rings. The Morgan fingerprint density at radius 3 is 2.82 bits per heavy atom. The molecule has 4 heteroatoms. The van der Waals surface area contributed by atoms with Crippen LogP contribution in [0.15, 0.2) is 18.2 Å². The molecule has 0 spiro atoms. The highest BCUT2D eigenvalue weighted by Gasteiger charge is 2.38. The summed E-state index contributed by atoms with van der Waals surface area (Å²) in [5.74, 6) is 0.616. The van der Waals surface area contributed by atoms with Crippen molar-refractivity contribution < 1.29 is 14.2 Å². The molecule has 0 saturated carbocycles. The van der Waals surface area contributed by atoms with Crippen LogP contribution in [0, 0.1) is 6.92 Å². The summed E-state index contributed by atoms with van der Waals surface area (Å²) < 4.78 is 16.8. The van der Waals surface area contributed by atoms with Gasteiger partial charge in [-0.1, -0.05) is 0 Å². The Labute approximate surface area is 107 Å². The van der Waals surface area contributed by atoms with Crippen LogP contribution < -0.4 is 4.74 Å². The van der Waals surface area contributed by atoms with Crippen LogP contribution >= 0.6 is 11.6 Å². The molecule has 1 saturated heterocycles. The minimum Gasteiger partial charge on any atom is -0.496 e. The quantitative estimate of drug-likeness (QED) is 0.779. The summed E-state index contributed by atoms with van der Waals surface area (Å²) in [5, 5.41) is 0. The van der Waals surface area contributed by atoms with E-state index in [0.717, 1.165) is 16.9 Å². The van der Waals surface area contributed by atoms with E-state index in [-0.39, 0.29) is 6.10 Å². The van der Waals surface area contributed by atoms with Crippen LogP contribution in [0.25, 0.3) is 0 Å². The number of ether oxygens (including phenoxy) is 3. The maximum absolute atomic E-state index is 5.82. The van der Waals surface area contributed by atoms with E-state index in [2.05, 4.69) is 0 Å². The summed E-state index contributed by atoms with van der Waals surface area (Å²) in [6, 6.07) is 5.91. The Kier molecular flexibility index (Phi) is 3.61. The minimum atomic E-state index is -0.698. The van der Waals surface area contributed by atoms with Gasteiger partial charge < -0.3 is 14.2 Å². The van der Waals surface area contributed by atoms with Crippen molar-refractivity contribution in [1.82, 2.24) is 0 Å². The van der Waals surface area contributed by atoms with Crippen molar-refractivity contribution >= 4 is 11.6 Å². The van der Waals surface area contributed by atoms with Crippen molar-refractivity contribution in [3.63, 3.8) is 0 Å². The summed E-state index contributed by atoms with van der Waals surface area (Å²) in [4.78, 5) is 0. The zero-order chi connectivity index (χ0) is 12.5. The maximum atomic E-state index is 5.82. The number of aryl methyl sites for hydroxylation is 1. The monoisotopic (exact) mass is 256 g/mol. The lowest BCUT2D eigenvalue weighted by atomic mass is 10.0. The van der Waals surface area contributed by atoms with Gasteiger partial charge in [-0.2, -0.15) is 0 Å². The van der Waals surface area contributed by atoms with E-state index in [1.165, 1.54) is 0 Å². The lowest BCUT2D eigenvalue weighted by molar-refractivity contribution is -0.159. The summed E-state index contributed by atoms with van der Waals surface area (Å²) in [6.45, 7) is 4.45. The molecule has 1 heterocycles. The van der Waals surface area contributed by atoms with Gasteiger partial charge in [0, 0.05) is 5.56 Å². The smallest absolute Gasteiger partial charge is 0.192 e. The number of hydrogen-bond acceptors (Lipinski definition) is 3. The fourth-order valence-electron chi connectivity index (χ4n) is 2.03. The molecule has 1 aromatic carbocycles. The molecule has 0 N–H and O–H groups in total. The first-order chi connectivity index (χ1) is 8.09. The SMILES string of the molecule is COc1ccc(C2(C)OCC(CCl)O2)cc1C. The third kappa shape index (κ3) is 2.41. The molecule has 2 rings (SSSR count). The van der Waals surface area contributed by atoms with E-state index in [1.807, 2.05) is 32.0 Å². The van der Waals surface area contributed by atoms with Gasteiger partial charge >= 0.3 is 0 Å². The minimum absolute atomic E-state index is 0.0379. The number of alkyl halides is 1. The molecule has 94 valence electrons. The van der Waals surface area contributed by atoms with Crippen LogP contribution in [0.4, 0.5) is 0 Å². The first kappa shape index (κ1) is 12.7. The summed E-state index contributed by atoms with van der Waals surface area (Å²) in [5.41, 5.74) is 2.05. The normalized spacial score (nSPS) is 28.4. The lowest BCUT2D eigenvalue weighted by Gasteiger charge is -2.24. The second-order valence-electron chi connectivity index (χ2n) is 4.34.